The van der Waals surface area contributed by atoms with Crippen molar-refractivity contribution in [3.05, 3.63) is 51.5 Å². The monoisotopic (exact) mass is 694 g/mol. The number of carboxylic acids is 2. The van der Waals surface area contributed by atoms with Crippen LogP contribution in [0.1, 0.15) is 6.42 Å². The van der Waals surface area contributed by atoms with E-state index in [1.54, 1.807) is 6.07 Å². The molecule has 4 N–H and O–H groups in total. The number of likely N-dealkylation sites (N-methyl/N-ethyl adjacent to an activating group) is 2. The number of aromatic nitrogens is 4. The molecule has 4 rings (SSSR count). The fourth-order valence-electron chi connectivity index (χ4n) is 4.01. The summed E-state index contributed by atoms with van der Waals surface area (Å²) in [5.41, 5.74) is 2.22. The third-order valence-corrected chi connectivity index (χ3v) is 9.13. The Bertz CT molecular complexity index is 1800. The van der Waals surface area contributed by atoms with Crippen molar-refractivity contribution < 1.29 is 29.0 Å². The zero-order chi connectivity index (χ0) is 32.8. The van der Waals surface area contributed by atoms with Gasteiger partial charge in [-0.25, -0.2) is 19.0 Å². The molecule has 0 aliphatic rings. The summed E-state index contributed by atoms with van der Waals surface area (Å²) in [5.74, 6) is -3.18. The molecule has 0 bridgehead atoms. The minimum Gasteiger partial charge on any atom is -0.481 e. The average molecular weight is 695 g/mol. The van der Waals surface area contributed by atoms with E-state index >= 15 is 0 Å². The Balaban J connectivity index is 1.64. The van der Waals surface area contributed by atoms with Crippen LogP contribution in [-0.4, -0.2) is 92.2 Å². The van der Waals surface area contributed by atoms with E-state index < -0.39 is 35.3 Å². The van der Waals surface area contributed by atoms with Crippen LogP contribution < -0.4 is 15.5 Å². The first-order valence-electron chi connectivity index (χ1n) is 13.2. The van der Waals surface area contributed by atoms with Crippen molar-refractivity contribution >= 4 is 98.5 Å². The maximum atomic E-state index is 13.7. The second-order valence-electron chi connectivity index (χ2n) is 9.97. The summed E-state index contributed by atoms with van der Waals surface area (Å²) in [6, 6.07) is 7.74. The average Bonchev–Trinajstić information content (AvgIpc) is 3.30. The van der Waals surface area contributed by atoms with E-state index in [2.05, 4.69) is 25.7 Å². The number of amides is 1. The van der Waals surface area contributed by atoms with Crippen molar-refractivity contribution in [2.75, 3.05) is 49.8 Å². The third kappa shape index (κ3) is 9.07. The van der Waals surface area contributed by atoms with Gasteiger partial charge in [-0.1, -0.05) is 34.7 Å². The van der Waals surface area contributed by atoms with Crippen molar-refractivity contribution in [1.82, 2.24) is 24.6 Å². The quantitative estimate of drug-likeness (QED) is 0.105. The number of nitrogens with one attached hydrogen (secondary N) is 2. The van der Waals surface area contributed by atoms with Gasteiger partial charge in [-0.15, -0.1) is 0 Å². The molecule has 13 nitrogen and oxygen atoms in total. The summed E-state index contributed by atoms with van der Waals surface area (Å²) < 4.78 is 15.4. The van der Waals surface area contributed by atoms with Crippen LogP contribution in [0.2, 0.25) is 5.02 Å². The van der Waals surface area contributed by atoms with Crippen LogP contribution in [0.5, 0.6) is 0 Å². The van der Waals surface area contributed by atoms with Crippen LogP contribution in [-0.2, 0) is 20.9 Å². The Hall–Kier alpha value is -3.90. The number of aliphatic carboxylic acids is 2. The number of rotatable bonds is 14. The number of fused-ring (bicyclic) bond motifs is 1. The topological polar surface area (TPSA) is 166 Å². The fourth-order valence-corrected chi connectivity index (χ4v) is 6.68. The molecule has 0 fully saturated rings. The molecule has 0 radical (unpaired) electrons. The third-order valence-electron chi connectivity index (χ3n) is 6.26. The summed E-state index contributed by atoms with van der Waals surface area (Å²) >= 11 is 13.0. The van der Waals surface area contributed by atoms with Gasteiger partial charge in [0.05, 0.1) is 28.3 Å². The van der Waals surface area contributed by atoms with E-state index in [-0.39, 0.29) is 19.9 Å². The molecule has 238 valence electrons. The molecule has 1 amide bonds. The molecule has 2 aromatic carbocycles. The van der Waals surface area contributed by atoms with Crippen molar-refractivity contribution in [2.24, 2.45) is 0 Å². The lowest BCUT2D eigenvalue weighted by molar-refractivity contribution is -0.142. The number of thioether (sulfide) groups is 1. The minimum atomic E-state index is -1.30. The Labute approximate surface area is 275 Å². The highest BCUT2D eigenvalue weighted by atomic mass is 35.5. The lowest BCUT2D eigenvalue weighted by atomic mass is 10.1. The Morgan fingerprint density at radius 2 is 1.91 bits per heavy atom. The molecule has 0 spiro atoms. The second kappa shape index (κ2) is 14.9. The summed E-state index contributed by atoms with van der Waals surface area (Å²) in [5, 5.41) is 27.9. The molecule has 4 aromatic rings. The van der Waals surface area contributed by atoms with Gasteiger partial charge in [0, 0.05) is 31.2 Å². The fraction of sp³-hybridized carbons (Fsp3) is 0.296. The number of nitrogens with zero attached hydrogens (tertiary/aromatic N) is 6. The summed E-state index contributed by atoms with van der Waals surface area (Å²) in [4.78, 5) is 48.6. The van der Waals surface area contributed by atoms with Crippen LogP contribution >= 0.6 is 46.9 Å². The van der Waals surface area contributed by atoms with Gasteiger partial charge in [0.2, 0.25) is 5.91 Å². The lowest BCUT2D eigenvalue weighted by Crippen LogP contribution is -2.29. The molecule has 2 aromatic heterocycles. The van der Waals surface area contributed by atoms with Crippen molar-refractivity contribution in [1.29, 1.82) is 0 Å². The number of benzene rings is 2. The standard InChI is InChI=1S/C27H28ClFN8O5S3/c1-35(2)6-7-36(3)20-10-18-15(24(31-13-30-18)32-14-4-5-17(29)16(28)8-14)9-19(20)33-22(38)12-37-27(43)45-26(34-37)44-21(25(41)42)11-23(39)40/h4-5,8-10,13,21H,6-7,11-12H2,1-3H3,(H,33,38)(H,39,40)(H,41,42)(H,30,31,32). The van der Waals surface area contributed by atoms with Crippen LogP contribution in [0.25, 0.3) is 10.9 Å². The van der Waals surface area contributed by atoms with E-state index in [0.29, 0.717) is 40.3 Å². The van der Waals surface area contributed by atoms with E-state index in [4.69, 9.17) is 28.9 Å². The van der Waals surface area contributed by atoms with Crippen LogP contribution in [0, 0.1) is 9.77 Å². The van der Waals surface area contributed by atoms with Gasteiger partial charge in [-0.2, -0.15) is 5.10 Å². The highest BCUT2D eigenvalue weighted by Crippen LogP contribution is 2.34. The van der Waals surface area contributed by atoms with Crippen molar-refractivity contribution in [3.63, 3.8) is 0 Å². The van der Waals surface area contributed by atoms with Gasteiger partial charge < -0.3 is 30.6 Å². The van der Waals surface area contributed by atoms with Crippen LogP contribution in [0.15, 0.2) is 41.0 Å². The number of carbonyl (C=O) groups is 3. The van der Waals surface area contributed by atoms with E-state index in [1.165, 1.54) is 29.2 Å². The number of hydrogen-bond donors (Lipinski definition) is 4. The zero-order valence-electron chi connectivity index (χ0n) is 24.2. The lowest BCUT2D eigenvalue weighted by Gasteiger charge is -2.25. The maximum Gasteiger partial charge on any atom is 0.317 e. The predicted molar refractivity (Wildman–Crippen MR) is 175 cm³/mol. The van der Waals surface area contributed by atoms with Gasteiger partial charge in [-0.05, 0) is 56.6 Å². The Kier molecular flexibility index (Phi) is 11.3. The SMILES string of the molecule is CN(C)CCN(C)c1cc2ncnc(Nc3ccc(F)c(Cl)c3)c2cc1NC(=O)Cn1nc(SC(CC(=O)O)C(=O)O)sc1=S. The van der Waals surface area contributed by atoms with Gasteiger partial charge in [0.1, 0.15) is 29.8 Å². The molecule has 2 heterocycles. The molecular formula is C27H28ClFN8O5S3. The highest BCUT2D eigenvalue weighted by molar-refractivity contribution is 8.02. The van der Waals surface area contributed by atoms with Gasteiger partial charge in [0.15, 0.2) is 8.29 Å². The molecule has 18 heteroatoms. The molecule has 1 unspecified atom stereocenters. The number of hydrogen-bond acceptors (Lipinski definition) is 12. The number of carboxylic acid groups (broad SMARTS) is 2. The number of carbonyl (C=O) groups excluding carboxylic acids is 1. The smallest absolute Gasteiger partial charge is 0.317 e. The first-order chi connectivity index (χ1) is 21.3. The number of anilines is 4. The van der Waals surface area contributed by atoms with Crippen molar-refractivity contribution in [3.8, 4) is 0 Å². The second-order valence-corrected chi connectivity index (χ2v) is 13.4. The normalized spacial score (nSPS) is 11.9. The highest BCUT2D eigenvalue weighted by Gasteiger charge is 2.25. The van der Waals surface area contributed by atoms with Crippen LogP contribution in [0.3, 0.4) is 0 Å². The first kappa shape index (κ1) is 34.0. The van der Waals surface area contributed by atoms with Gasteiger partial charge in [0.25, 0.3) is 0 Å². The van der Waals surface area contributed by atoms with E-state index in [0.717, 1.165) is 29.6 Å². The zero-order valence-corrected chi connectivity index (χ0v) is 27.4. The first-order valence-corrected chi connectivity index (χ1v) is 15.6. The van der Waals surface area contributed by atoms with E-state index in [1.807, 2.05) is 37.0 Å². The molecule has 0 aliphatic carbocycles. The molecule has 1 atom stereocenters. The Morgan fingerprint density at radius 3 is 2.58 bits per heavy atom. The molecule has 0 aliphatic heterocycles. The van der Waals surface area contributed by atoms with E-state index in [9.17, 15) is 23.9 Å². The molecule has 45 heavy (non-hydrogen) atoms. The van der Waals surface area contributed by atoms with Crippen molar-refractivity contribution in [2.45, 2.75) is 22.6 Å². The molecule has 0 saturated carbocycles. The maximum absolute atomic E-state index is 13.7. The van der Waals surface area contributed by atoms with Crippen LogP contribution in [0.4, 0.5) is 27.3 Å². The summed E-state index contributed by atoms with van der Waals surface area (Å²) in [7, 11) is 5.79. The number of halogens is 2. The predicted octanol–water partition coefficient (Wildman–Crippen LogP) is 4.81. The Morgan fingerprint density at radius 1 is 1.16 bits per heavy atom. The summed E-state index contributed by atoms with van der Waals surface area (Å²) in [6.07, 6.45) is 0.788. The molecule has 0 saturated heterocycles. The summed E-state index contributed by atoms with van der Waals surface area (Å²) in [6.45, 7) is 1.08. The molecular weight excluding hydrogens is 667 g/mol. The largest absolute Gasteiger partial charge is 0.481 e. The minimum absolute atomic E-state index is 0.0568. The van der Waals surface area contributed by atoms with Gasteiger partial charge >= 0.3 is 11.9 Å². The van der Waals surface area contributed by atoms with Gasteiger partial charge in [-0.3, -0.25) is 14.4 Å².